The van der Waals surface area contributed by atoms with Crippen LogP contribution in [0.15, 0.2) is 45.3 Å². The fraction of sp³-hybridized carbons (Fsp3) is 0.0667. The minimum absolute atomic E-state index is 0.110. The van der Waals surface area contributed by atoms with E-state index in [1.54, 1.807) is 31.4 Å². The molecule has 0 amide bonds. The molecule has 0 aliphatic carbocycles. The SMILES string of the molecule is COc1cc(Br)ccc1-c1nc2c(C(=O)O)cccc2o1. The van der Waals surface area contributed by atoms with Crippen LogP contribution in [0, 0.1) is 0 Å². The molecule has 0 aliphatic heterocycles. The number of fused-ring (bicyclic) bond motifs is 1. The molecule has 0 saturated carbocycles. The first-order valence-corrected chi connectivity index (χ1v) is 6.86. The first-order valence-electron chi connectivity index (χ1n) is 6.07. The molecule has 3 aromatic rings. The van der Waals surface area contributed by atoms with Gasteiger partial charge in [0.25, 0.3) is 0 Å². The maximum absolute atomic E-state index is 11.2. The molecule has 0 aliphatic rings. The number of ether oxygens (including phenoxy) is 1. The zero-order chi connectivity index (χ0) is 15.0. The molecule has 6 heteroatoms. The molecule has 1 N–H and O–H groups in total. The van der Waals surface area contributed by atoms with E-state index in [0.29, 0.717) is 28.3 Å². The van der Waals surface area contributed by atoms with Crippen LogP contribution in [0.1, 0.15) is 10.4 Å². The lowest BCUT2D eigenvalue weighted by Gasteiger charge is -2.05. The Balaban J connectivity index is 2.22. The summed E-state index contributed by atoms with van der Waals surface area (Å²) in [6.45, 7) is 0. The second-order valence-electron chi connectivity index (χ2n) is 4.32. The van der Waals surface area contributed by atoms with Crippen molar-refractivity contribution in [2.45, 2.75) is 0 Å². The van der Waals surface area contributed by atoms with Crippen LogP contribution in [0.25, 0.3) is 22.6 Å². The number of hydrogen-bond donors (Lipinski definition) is 1. The van der Waals surface area contributed by atoms with E-state index < -0.39 is 5.97 Å². The van der Waals surface area contributed by atoms with Gasteiger partial charge in [-0.15, -0.1) is 0 Å². The second-order valence-corrected chi connectivity index (χ2v) is 5.24. The molecule has 0 atom stereocenters. The zero-order valence-corrected chi connectivity index (χ0v) is 12.5. The molecule has 2 aromatic carbocycles. The minimum atomic E-state index is -1.04. The normalized spacial score (nSPS) is 10.8. The molecule has 0 fully saturated rings. The van der Waals surface area contributed by atoms with Crippen molar-refractivity contribution in [2.75, 3.05) is 7.11 Å². The molecule has 0 spiro atoms. The number of carboxylic acid groups (broad SMARTS) is 1. The number of carbonyl (C=O) groups is 1. The number of aromatic carboxylic acids is 1. The second kappa shape index (κ2) is 5.21. The van der Waals surface area contributed by atoms with Crippen LogP contribution in [-0.4, -0.2) is 23.2 Å². The summed E-state index contributed by atoms with van der Waals surface area (Å²) in [5.74, 6) is -0.126. The Labute approximate surface area is 128 Å². The maximum Gasteiger partial charge on any atom is 0.338 e. The predicted molar refractivity (Wildman–Crippen MR) is 80.7 cm³/mol. The van der Waals surface area contributed by atoms with E-state index in [1.165, 1.54) is 6.07 Å². The van der Waals surface area contributed by atoms with Crippen LogP contribution in [-0.2, 0) is 0 Å². The molecule has 3 rings (SSSR count). The highest BCUT2D eigenvalue weighted by atomic mass is 79.9. The molecule has 0 saturated heterocycles. The lowest BCUT2D eigenvalue weighted by molar-refractivity contribution is 0.0699. The highest BCUT2D eigenvalue weighted by Gasteiger charge is 2.17. The van der Waals surface area contributed by atoms with Gasteiger partial charge in [0.15, 0.2) is 5.58 Å². The summed E-state index contributed by atoms with van der Waals surface area (Å²) in [6.07, 6.45) is 0. The average Bonchev–Trinajstić information content (AvgIpc) is 2.90. The predicted octanol–water partition coefficient (Wildman–Crippen LogP) is 3.96. The monoisotopic (exact) mass is 347 g/mol. The Morgan fingerprint density at radius 2 is 2.14 bits per heavy atom. The Kier molecular flexibility index (Phi) is 3.39. The number of oxazole rings is 1. The van der Waals surface area contributed by atoms with Gasteiger partial charge in [-0.25, -0.2) is 9.78 Å². The molecular weight excluding hydrogens is 338 g/mol. The standard InChI is InChI=1S/C15H10BrNO4/c1-20-12-7-8(16)5-6-9(12)14-17-13-10(15(18)19)3-2-4-11(13)21-14/h2-7H,1H3,(H,18,19). The molecule has 0 unspecified atom stereocenters. The van der Waals surface area contributed by atoms with Crippen LogP contribution < -0.4 is 4.74 Å². The van der Waals surface area contributed by atoms with E-state index in [4.69, 9.17) is 9.15 Å². The first-order chi connectivity index (χ1) is 10.1. The maximum atomic E-state index is 11.2. The van der Waals surface area contributed by atoms with E-state index in [2.05, 4.69) is 20.9 Å². The van der Waals surface area contributed by atoms with Gasteiger partial charge in [0.2, 0.25) is 5.89 Å². The fourth-order valence-electron chi connectivity index (χ4n) is 2.08. The molecule has 0 radical (unpaired) electrons. The van der Waals surface area contributed by atoms with Crippen LogP contribution in [0.3, 0.4) is 0 Å². The van der Waals surface area contributed by atoms with Crippen molar-refractivity contribution in [3.8, 4) is 17.2 Å². The molecule has 1 aromatic heterocycles. The lowest BCUT2D eigenvalue weighted by atomic mass is 10.2. The Morgan fingerprint density at radius 3 is 2.86 bits per heavy atom. The van der Waals surface area contributed by atoms with E-state index in [0.717, 1.165) is 4.47 Å². The van der Waals surface area contributed by atoms with Crippen molar-refractivity contribution < 1.29 is 19.1 Å². The number of para-hydroxylation sites is 1. The molecule has 106 valence electrons. The average molecular weight is 348 g/mol. The third-order valence-electron chi connectivity index (χ3n) is 3.04. The van der Waals surface area contributed by atoms with Crippen molar-refractivity contribution in [1.29, 1.82) is 0 Å². The molecule has 21 heavy (non-hydrogen) atoms. The quantitative estimate of drug-likeness (QED) is 0.776. The Morgan fingerprint density at radius 1 is 1.33 bits per heavy atom. The van der Waals surface area contributed by atoms with Gasteiger partial charge in [-0.05, 0) is 30.3 Å². The summed E-state index contributed by atoms with van der Waals surface area (Å²) in [5, 5.41) is 9.19. The third kappa shape index (κ3) is 2.38. The summed E-state index contributed by atoms with van der Waals surface area (Å²) < 4.78 is 11.8. The van der Waals surface area contributed by atoms with Gasteiger partial charge in [0, 0.05) is 4.47 Å². The number of halogens is 1. The highest BCUT2D eigenvalue weighted by Crippen LogP contribution is 2.34. The summed E-state index contributed by atoms with van der Waals surface area (Å²) in [7, 11) is 1.55. The number of carboxylic acids is 1. The van der Waals surface area contributed by atoms with Crippen LogP contribution >= 0.6 is 15.9 Å². The van der Waals surface area contributed by atoms with Crippen molar-refractivity contribution in [1.82, 2.24) is 4.98 Å². The topological polar surface area (TPSA) is 72.6 Å². The van der Waals surface area contributed by atoms with Crippen molar-refractivity contribution in [3.05, 3.63) is 46.4 Å². The van der Waals surface area contributed by atoms with Gasteiger partial charge >= 0.3 is 5.97 Å². The van der Waals surface area contributed by atoms with Crippen LogP contribution in [0.4, 0.5) is 0 Å². The molecule has 5 nitrogen and oxygen atoms in total. The number of nitrogens with zero attached hydrogens (tertiary/aromatic N) is 1. The van der Waals surface area contributed by atoms with E-state index in [9.17, 15) is 9.90 Å². The van der Waals surface area contributed by atoms with Crippen molar-refractivity contribution >= 4 is 33.0 Å². The van der Waals surface area contributed by atoms with Gasteiger partial charge < -0.3 is 14.3 Å². The van der Waals surface area contributed by atoms with Gasteiger partial charge in [0.05, 0.1) is 18.2 Å². The van der Waals surface area contributed by atoms with Crippen molar-refractivity contribution in [2.24, 2.45) is 0 Å². The third-order valence-corrected chi connectivity index (χ3v) is 3.54. The molecular formula is C15H10BrNO4. The van der Waals surface area contributed by atoms with Gasteiger partial charge in [-0.3, -0.25) is 0 Å². The summed E-state index contributed by atoms with van der Waals surface area (Å²) in [6, 6.07) is 10.2. The van der Waals surface area contributed by atoms with Gasteiger partial charge in [0.1, 0.15) is 11.3 Å². The summed E-state index contributed by atoms with van der Waals surface area (Å²) >= 11 is 3.37. The number of methoxy groups -OCH3 is 1. The summed E-state index contributed by atoms with van der Waals surface area (Å²) in [5.41, 5.74) is 1.52. The molecule has 0 bridgehead atoms. The van der Waals surface area contributed by atoms with Gasteiger partial charge in [-0.1, -0.05) is 22.0 Å². The number of aromatic nitrogens is 1. The lowest BCUT2D eigenvalue weighted by Crippen LogP contribution is -1.96. The Hall–Kier alpha value is -2.34. The Bertz CT molecular complexity index is 841. The van der Waals surface area contributed by atoms with Crippen LogP contribution in [0.5, 0.6) is 5.75 Å². The fourth-order valence-corrected chi connectivity index (χ4v) is 2.42. The highest BCUT2D eigenvalue weighted by molar-refractivity contribution is 9.10. The minimum Gasteiger partial charge on any atom is -0.496 e. The van der Waals surface area contributed by atoms with Crippen LogP contribution in [0.2, 0.25) is 0 Å². The van der Waals surface area contributed by atoms with E-state index in [-0.39, 0.29) is 5.56 Å². The number of hydrogen-bond acceptors (Lipinski definition) is 4. The number of benzene rings is 2. The first kappa shape index (κ1) is 13.6. The van der Waals surface area contributed by atoms with E-state index in [1.807, 2.05) is 6.07 Å². The number of rotatable bonds is 3. The van der Waals surface area contributed by atoms with Crippen molar-refractivity contribution in [3.63, 3.8) is 0 Å². The summed E-state index contributed by atoms with van der Waals surface area (Å²) in [4.78, 5) is 15.5. The van der Waals surface area contributed by atoms with E-state index >= 15 is 0 Å². The largest absolute Gasteiger partial charge is 0.496 e. The molecule has 1 heterocycles. The van der Waals surface area contributed by atoms with Gasteiger partial charge in [-0.2, -0.15) is 0 Å². The smallest absolute Gasteiger partial charge is 0.338 e. The zero-order valence-electron chi connectivity index (χ0n) is 11.0.